The van der Waals surface area contributed by atoms with Gasteiger partial charge in [-0.1, -0.05) is 37.0 Å². The molecule has 1 saturated carbocycles. The smallest absolute Gasteiger partial charge is 0.248 e. The van der Waals surface area contributed by atoms with E-state index in [9.17, 15) is 17.6 Å². The molecule has 29 heavy (non-hydrogen) atoms. The predicted octanol–water partition coefficient (Wildman–Crippen LogP) is 7.85. The number of aryl methyl sites for hydroxylation is 1. The molecule has 154 valence electrons. The van der Waals surface area contributed by atoms with Crippen molar-refractivity contribution >= 4 is 23.2 Å². The molecule has 2 aromatic rings. The van der Waals surface area contributed by atoms with Gasteiger partial charge in [0.2, 0.25) is 0 Å². The number of hydrogen-bond donors (Lipinski definition) is 0. The Balaban J connectivity index is 1.90. The van der Waals surface area contributed by atoms with Crippen LogP contribution in [0.5, 0.6) is 0 Å². The predicted molar refractivity (Wildman–Crippen MR) is 112 cm³/mol. The monoisotopic (exact) mass is 421 g/mol. The number of nitrogens with zero attached hydrogens (tertiary/aromatic N) is 1. The molecule has 0 radical (unpaired) electrons. The fourth-order valence-electron chi connectivity index (χ4n) is 3.26. The summed E-state index contributed by atoms with van der Waals surface area (Å²) in [6.07, 6.45) is 3.09. The second-order valence-electron chi connectivity index (χ2n) is 7.22. The van der Waals surface area contributed by atoms with Crippen molar-refractivity contribution in [2.45, 2.75) is 50.5 Å². The Labute approximate surface area is 172 Å². The van der Waals surface area contributed by atoms with Crippen molar-refractivity contribution in [3.63, 3.8) is 0 Å². The van der Waals surface area contributed by atoms with Crippen LogP contribution in [0.4, 0.5) is 23.2 Å². The minimum atomic E-state index is -4.58. The number of alkyl halides is 3. The van der Waals surface area contributed by atoms with Gasteiger partial charge < -0.3 is 0 Å². The standard InChI is InChI=1S/C23H23F4NS/c1-16-7-10-18(11-8-16)28-22(13-14-29-19-5-3-2-4-6-19)20-12-9-17(15-21(20)24)23(25,26)27/h7-15,19H,2-6H2,1H3. The van der Waals surface area contributed by atoms with Gasteiger partial charge in [-0.2, -0.15) is 13.2 Å². The summed E-state index contributed by atoms with van der Waals surface area (Å²) >= 11 is 1.68. The first-order chi connectivity index (χ1) is 13.8. The van der Waals surface area contributed by atoms with Crippen molar-refractivity contribution in [3.8, 4) is 0 Å². The number of aliphatic imine (C=N–C) groups is 1. The highest BCUT2D eigenvalue weighted by Crippen LogP contribution is 2.32. The quantitative estimate of drug-likeness (QED) is 0.354. The first-order valence-corrected chi connectivity index (χ1v) is 10.6. The molecule has 0 atom stereocenters. The molecule has 0 aliphatic heterocycles. The second kappa shape index (κ2) is 9.61. The van der Waals surface area contributed by atoms with Crippen LogP contribution in [-0.4, -0.2) is 11.0 Å². The molecule has 0 saturated heterocycles. The average Bonchev–Trinajstić information content (AvgIpc) is 2.69. The third-order valence-electron chi connectivity index (χ3n) is 4.91. The molecule has 6 heteroatoms. The second-order valence-corrected chi connectivity index (χ2v) is 8.43. The van der Waals surface area contributed by atoms with Gasteiger partial charge in [-0.15, -0.1) is 11.8 Å². The van der Waals surface area contributed by atoms with E-state index in [0.29, 0.717) is 22.7 Å². The van der Waals surface area contributed by atoms with E-state index in [1.807, 2.05) is 24.5 Å². The molecule has 1 fully saturated rings. The fraction of sp³-hybridized carbons (Fsp3) is 0.348. The normalized spacial score (nSPS) is 16.5. The third kappa shape index (κ3) is 6.20. The van der Waals surface area contributed by atoms with E-state index >= 15 is 0 Å². The molecule has 0 aromatic heterocycles. The summed E-state index contributed by atoms with van der Waals surface area (Å²) in [7, 11) is 0. The topological polar surface area (TPSA) is 12.4 Å². The van der Waals surface area contributed by atoms with Gasteiger partial charge in [0.05, 0.1) is 17.0 Å². The lowest BCUT2D eigenvalue weighted by Gasteiger charge is -2.19. The number of hydrogen-bond acceptors (Lipinski definition) is 2. The number of rotatable bonds is 5. The van der Waals surface area contributed by atoms with E-state index in [-0.39, 0.29) is 5.56 Å². The van der Waals surface area contributed by atoms with Crippen LogP contribution in [0.25, 0.3) is 0 Å². The van der Waals surface area contributed by atoms with E-state index in [1.165, 1.54) is 19.3 Å². The van der Waals surface area contributed by atoms with Crippen LogP contribution in [0.15, 0.2) is 58.9 Å². The summed E-state index contributed by atoms with van der Waals surface area (Å²) in [5.74, 6) is -0.932. The van der Waals surface area contributed by atoms with Crippen LogP contribution in [-0.2, 0) is 6.18 Å². The van der Waals surface area contributed by atoms with Gasteiger partial charge in [-0.3, -0.25) is 0 Å². The zero-order valence-corrected chi connectivity index (χ0v) is 17.0. The van der Waals surface area contributed by atoms with Crippen LogP contribution in [0.2, 0.25) is 0 Å². The van der Waals surface area contributed by atoms with Gasteiger partial charge in [-0.05, 0) is 61.6 Å². The van der Waals surface area contributed by atoms with Crippen LogP contribution < -0.4 is 0 Å². The van der Waals surface area contributed by atoms with Crippen LogP contribution in [0, 0.1) is 12.7 Å². The molecule has 1 nitrogen and oxygen atoms in total. The Hall–Kier alpha value is -2.08. The first kappa shape index (κ1) is 21.6. The van der Waals surface area contributed by atoms with E-state index in [2.05, 4.69) is 4.99 Å². The Morgan fingerprint density at radius 3 is 2.34 bits per heavy atom. The highest BCUT2D eigenvalue weighted by Gasteiger charge is 2.31. The largest absolute Gasteiger partial charge is 0.416 e. The molecule has 1 aliphatic rings. The molecule has 0 N–H and O–H groups in total. The minimum absolute atomic E-state index is 0.0547. The highest BCUT2D eigenvalue weighted by atomic mass is 32.2. The molecule has 1 aliphatic carbocycles. The molecule has 0 spiro atoms. The SMILES string of the molecule is Cc1ccc(N=C(C=CSC2CCCCC2)c2ccc(C(F)(F)F)cc2F)cc1. The maximum absolute atomic E-state index is 14.6. The number of halogens is 4. The molecule has 3 rings (SSSR count). The molecule has 0 heterocycles. The van der Waals surface area contributed by atoms with Crippen molar-refractivity contribution in [3.05, 3.63) is 76.5 Å². The maximum Gasteiger partial charge on any atom is 0.416 e. The van der Waals surface area contributed by atoms with Crippen LogP contribution >= 0.6 is 11.8 Å². The van der Waals surface area contributed by atoms with Gasteiger partial charge in [0.15, 0.2) is 0 Å². The van der Waals surface area contributed by atoms with Crippen molar-refractivity contribution in [2.24, 2.45) is 4.99 Å². The van der Waals surface area contributed by atoms with Crippen LogP contribution in [0.3, 0.4) is 0 Å². The molecule has 2 aromatic carbocycles. The Morgan fingerprint density at radius 2 is 1.72 bits per heavy atom. The lowest BCUT2D eigenvalue weighted by Crippen LogP contribution is -2.08. The lowest BCUT2D eigenvalue weighted by molar-refractivity contribution is -0.137. The van der Waals surface area contributed by atoms with Crippen molar-refractivity contribution in [1.29, 1.82) is 0 Å². The summed E-state index contributed by atoms with van der Waals surface area (Å²) in [4.78, 5) is 4.50. The summed E-state index contributed by atoms with van der Waals surface area (Å²) in [6, 6.07) is 9.97. The van der Waals surface area contributed by atoms with Gasteiger partial charge in [0.1, 0.15) is 5.82 Å². The molecule has 0 unspecified atom stereocenters. The number of benzene rings is 2. The maximum atomic E-state index is 14.6. The number of allylic oxidation sites excluding steroid dienone is 1. The van der Waals surface area contributed by atoms with Gasteiger partial charge in [0.25, 0.3) is 0 Å². The minimum Gasteiger partial charge on any atom is -0.248 e. The highest BCUT2D eigenvalue weighted by molar-refractivity contribution is 8.02. The van der Waals surface area contributed by atoms with E-state index in [1.54, 1.807) is 30.0 Å². The van der Waals surface area contributed by atoms with Crippen molar-refractivity contribution in [1.82, 2.24) is 0 Å². The molecular weight excluding hydrogens is 398 g/mol. The van der Waals surface area contributed by atoms with Gasteiger partial charge >= 0.3 is 6.18 Å². The molecular formula is C23H23F4NS. The third-order valence-corrected chi connectivity index (χ3v) is 6.05. The number of thioether (sulfide) groups is 1. The lowest BCUT2D eigenvalue weighted by atomic mass is 10.0. The summed E-state index contributed by atoms with van der Waals surface area (Å²) in [5, 5.41) is 2.42. The summed E-state index contributed by atoms with van der Waals surface area (Å²) in [5.41, 5.74) is 1.04. The Kier molecular flexibility index (Phi) is 7.17. The van der Waals surface area contributed by atoms with E-state index in [0.717, 1.165) is 30.5 Å². The Bertz CT molecular complexity index is 879. The molecule has 0 bridgehead atoms. The van der Waals surface area contributed by atoms with E-state index in [4.69, 9.17) is 0 Å². The van der Waals surface area contributed by atoms with Crippen molar-refractivity contribution in [2.75, 3.05) is 0 Å². The zero-order chi connectivity index (χ0) is 20.9. The first-order valence-electron chi connectivity index (χ1n) is 9.67. The fourth-order valence-corrected chi connectivity index (χ4v) is 4.30. The van der Waals surface area contributed by atoms with Gasteiger partial charge in [0, 0.05) is 10.8 Å². The summed E-state index contributed by atoms with van der Waals surface area (Å²) in [6.45, 7) is 1.95. The average molecular weight is 422 g/mol. The van der Waals surface area contributed by atoms with E-state index < -0.39 is 17.6 Å². The zero-order valence-electron chi connectivity index (χ0n) is 16.2. The molecule has 0 amide bonds. The summed E-state index contributed by atoms with van der Waals surface area (Å²) < 4.78 is 53.2. The Morgan fingerprint density at radius 1 is 1.03 bits per heavy atom. The van der Waals surface area contributed by atoms with Crippen molar-refractivity contribution < 1.29 is 17.6 Å². The van der Waals surface area contributed by atoms with Crippen LogP contribution in [0.1, 0.15) is 48.8 Å². The van der Waals surface area contributed by atoms with Gasteiger partial charge in [-0.25, -0.2) is 9.38 Å².